The first-order valence-electron chi connectivity index (χ1n) is 6.16. The molecule has 4 heteroatoms. The molecular weight excluding hydrogens is 242 g/mol. The van der Waals surface area contributed by atoms with Gasteiger partial charge in [0.15, 0.2) is 11.5 Å². The lowest BCUT2D eigenvalue weighted by molar-refractivity contribution is 0.346. The van der Waals surface area contributed by atoms with E-state index in [1.165, 1.54) is 0 Å². The van der Waals surface area contributed by atoms with Gasteiger partial charge in [-0.05, 0) is 18.9 Å². The number of benzene rings is 1. The third-order valence-corrected chi connectivity index (χ3v) is 2.97. The van der Waals surface area contributed by atoms with E-state index in [2.05, 4.69) is 5.92 Å². The minimum absolute atomic E-state index is 0.136. The van der Waals surface area contributed by atoms with Crippen molar-refractivity contribution in [2.45, 2.75) is 25.3 Å². The van der Waals surface area contributed by atoms with Crippen LogP contribution in [0.2, 0.25) is 0 Å². The molecule has 0 aliphatic rings. The summed E-state index contributed by atoms with van der Waals surface area (Å²) in [7, 11) is 4.79. The average molecular weight is 263 g/mol. The molecule has 104 valence electrons. The van der Waals surface area contributed by atoms with Crippen molar-refractivity contribution in [3.8, 4) is 29.6 Å². The molecule has 0 bridgehead atoms. The lowest BCUT2D eigenvalue weighted by atomic mass is 10.00. The number of hydrogen-bond acceptors (Lipinski definition) is 4. The van der Waals surface area contributed by atoms with Crippen LogP contribution < -0.4 is 19.9 Å². The van der Waals surface area contributed by atoms with E-state index in [-0.39, 0.29) is 6.04 Å². The molecule has 0 aromatic heterocycles. The second-order valence-electron chi connectivity index (χ2n) is 4.15. The van der Waals surface area contributed by atoms with Crippen LogP contribution in [0.1, 0.15) is 30.9 Å². The first-order chi connectivity index (χ1) is 9.17. The van der Waals surface area contributed by atoms with Gasteiger partial charge in [0.25, 0.3) is 0 Å². The van der Waals surface area contributed by atoms with E-state index in [1.807, 2.05) is 6.07 Å². The average Bonchev–Trinajstić information content (AvgIpc) is 2.45. The SMILES string of the molecule is C#CCCCC(N)c1cc(OC)c(OC)cc1OC. The molecule has 1 unspecified atom stereocenters. The zero-order valence-corrected chi connectivity index (χ0v) is 11.7. The Morgan fingerprint density at radius 2 is 1.68 bits per heavy atom. The third kappa shape index (κ3) is 3.80. The molecular formula is C15H21NO3. The van der Waals surface area contributed by atoms with E-state index in [9.17, 15) is 0 Å². The Hall–Kier alpha value is -1.86. The van der Waals surface area contributed by atoms with Crippen LogP contribution in [0.25, 0.3) is 0 Å². The standard InChI is InChI=1S/C15H21NO3/c1-5-6-7-8-12(16)11-9-14(18-3)15(19-4)10-13(11)17-2/h1,9-10,12H,6-8,16H2,2-4H3. The van der Waals surface area contributed by atoms with Crippen LogP contribution in [0.5, 0.6) is 17.2 Å². The van der Waals surface area contributed by atoms with Crippen LogP contribution >= 0.6 is 0 Å². The Morgan fingerprint density at radius 3 is 2.21 bits per heavy atom. The highest BCUT2D eigenvalue weighted by Gasteiger charge is 2.16. The maximum absolute atomic E-state index is 6.18. The van der Waals surface area contributed by atoms with Gasteiger partial charge in [-0.2, -0.15) is 0 Å². The van der Waals surface area contributed by atoms with Crippen molar-refractivity contribution in [1.29, 1.82) is 0 Å². The summed E-state index contributed by atoms with van der Waals surface area (Å²) >= 11 is 0. The molecule has 1 atom stereocenters. The van der Waals surface area contributed by atoms with Gasteiger partial charge >= 0.3 is 0 Å². The topological polar surface area (TPSA) is 53.7 Å². The van der Waals surface area contributed by atoms with Gasteiger partial charge in [0.05, 0.1) is 21.3 Å². The summed E-state index contributed by atoms with van der Waals surface area (Å²) in [5.74, 6) is 4.58. The number of methoxy groups -OCH3 is 3. The molecule has 0 saturated heterocycles. The van der Waals surface area contributed by atoms with E-state index in [0.29, 0.717) is 17.2 Å². The van der Waals surface area contributed by atoms with Crippen molar-refractivity contribution >= 4 is 0 Å². The highest BCUT2D eigenvalue weighted by atomic mass is 16.5. The molecule has 0 spiro atoms. The molecule has 0 aliphatic heterocycles. The van der Waals surface area contributed by atoms with Crippen LogP contribution in [-0.2, 0) is 0 Å². The lowest BCUT2D eigenvalue weighted by Crippen LogP contribution is -2.12. The summed E-state index contributed by atoms with van der Waals surface area (Å²) in [4.78, 5) is 0. The molecule has 1 aromatic carbocycles. The molecule has 1 rings (SSSR count). The summed E-state index contributed by atoms with van der Waals surface area (Å²) in [5.41, 5.74) is 7.08. The summed E-state index contributed by atoms with van der Waals surface area (Å²) < 4.78 is 15.9. The fourth-order valence-corrected chi connectivity index (χ4v) is 1.92. The minimum atomic E-state index is -0.136. The molecule has 0 aliphatic carbocycles. The first kappa shape index (κ1) is 15.2. The van der Waals surface area contributed by atoms with Gasteiger partial charge in [-0.25, -0.2) is 0 Å². The number of unbranched alkanes of at least 4 members (excludes halogenated alkanes) is 1. The Bertz CT molecular complexity index is 451. The van der Waals surface area contributed by atoms with E-state index in [0.717, 1.165) is 24.8 Å². The van der Waals surface area contributed by atoms with Gasteiger partial charge < -0.3 is 19.9 Å². The molecule has 4 nitrogen and oxygen atoms in total. The van der Waals surface area contributed by atoms with Crippen molar-refractivity contribution in [2.75, 3.05) is 21.3 Å². The highest BCUT2D eigenvalue weighted by Crippen LogP contribution is 2.37. The summed E-state index contributed by atoms with van der Waals surface area (Å²) in [6.45, 7) is 0. The molecule has 0 saturated carbocycles. The Labute approximate surface area is 114 Å². The number of terminal acetylenes is 1. The number of nitrogens with two attached hydrogens (primary N) is 1. The van der Waals surface area contributed by atoms with Gasteiger partial charge in [-0.1, -0.05) is 0 Å². The second-order valence-corrected chi connectivity index (χ2v) is 4.15. The normalized spacial score (nSPS) is 11.5. The molecule has 0 radical (unpaired) electrons. The smallest absolute Gasteiger partial charge is 0.164 e. The van der Waals surface area contributed by atoms with E-state index in [1.54, 1.807) is 27.4 Å². The molecule has 2 N–H and O–H groups in total. The third-order valence-electron chi connectivity index (χ3n) is 2.97. The van der Waals surface area contributed by atoms with Crippen molar-refractivity contribution in [2.24, 2.45) is 5.73 Å². The van der Waals surface area contributed by atoms with Crippen molar-refractivity contribution < 1.29 is 14.2 Å². The van der Waals surface area contributed by atoms with E-state index < -0.39 is 0 Å². The molecule has 0 amide bonds. The Balaban J connectivity index is 3.01. The Morgan fingerprint density at radius 1 is 1.11 bits per heavy atom. The largest absolute Gasteiger partial charge is 0.496 e. The van der Waals surface area contributed by atoms with E-state index in [4.69, 9.17) is 26.4 Å². The summed E-state index contributed by atoms with van der Waals surface area (Å²) in [6.07, 6.45) is 7.65. The fourth-order valence-electron chi connectivity index (χ4n) is 1.92. The van der Waals surface area contributed by atoms with Gasteiger partial charge in [0.2, 0.25) is 0 Å². The second kappa shape index (κ2) is 7.55. The maximum atomic E-state index is 6.18. The number of ether oxygens (including phenoxy) is 3. The van der Waals surface area contributed by atoms with Crippen molar-refractivity contribution in [1.82, 2.24) is 0 Å². The van der Waals surface area contributed by atoms with Crippen LogP contribution in [0.15, 0.2) is 12.1 Å². The molecule has 0 heterocycles. The monoisotopic (exact) mass is 263 g/mol. The van der Waals surface area contributed by atoms with Gasteiger partial charge in [0.1, 0.15) is 5.75 Å². The zero-order chi connectivity index (χ0) is 14.3. The lowest BCUT2D eigenvalue weighted by Gasteiger charge is -2.18. The van der Waals surface area contributed by atoms with Gasteiger partial charge in [-0.15, -0.1) is 12.3 Å². The van der Waals surface area contributed by atoms with E-state index >= 15 is 0 Å². The molecule has 1 aromatic rings. The molecule has 19 heavy (non-hydrogen) atoms. The van der Waals surface area contributed by atoms with Gasteiger partial charge in [0, 0.05) is 24.1 Å². The van der Waals surface area contributed by atoms with Crippen molar-refractivity contribution in [3.63, 3.8) is 0 Å². The van der Waals surface area contributed by atoms with Crippen LogP contribution in [0, 0.1) is 12.3 Å². The summed E-state index contributed by atoms with van der Waals surface area (Å²) in [6, 6.07) is 3.51. The predicted molar refractivity (Wildman–Crippen MR) is 75.7 cm³/mol. The zero-order valence-electron chi connectivity index (χ0n) is 11.7. The van der Waals surface area contributed by atoms with Crippen LogP contribution in [-0.4, -0.2) is 21.3 Å². The number of rotatable bonds is 7. The van der Waals surface area contributed by atoms with Crippen molar-refractivity contribution in [3.05, 3.63) is 17.7 Å². The number of hydrogen-bond donors (Lipinski definition) is 1. The maximum Gasteiger partial charge on any atom is 0.164 e. The summed E-state index contributed by atoms with van der Waals surface area (Å²) in [5, 5.41) is 0. The first-order valence-corrected chi connectivity index (χ1v) is 6.16. The quantitative estimate of drug-likeness (QED) is 0.606. The predicted octanol–water partition coefficient (Wildman–Crippen LogP) is 2.52. The minimum Gasteiger partial charge on any atom is -0.496 e. The molecule has 0 fully saturated rings. The van der Waals surface area contributed by atoms with Gasteiger partial charge in [-0.3, -0.25) is 0 Å². The fraction of sp³-hybridized carbons (Fsp3) is 0.467. The highest BCUT2D eigenvalue weighted by molar-refractivity contribution is 5.51. The van der Waals surface area contributed by atoms with Crippen LogP contribution in [0.3, 0.4) is 0 Å². The van der Waals surface area contributed by atoms with Crippen LogP contribution in [0.4, 0.5) is 0 Å². The Kier molecular flexibility index (Phi) is 6.04.